The third-order valence-electron chi connectivity index (χ3n) is 4.88. The molecule has 0 saturated heterocycles. The first kappa shape index (κ1) is 17.3. The van der Waals surface area contributed by atoms with Crippen molar-refractivity contribution in [3.05, 3.63) is 64.3 Å². The Morgan fingerprint density at radius 3 is 2.22 bits per heavy atom. The van der Waals surface area contributed by atoms with Crippen molar-refractivity contribution in [2.45, 2.75) is 41.0 Å². The molecule has 0 saturated carbocycles. The maximum atomic E-state index is 6.18. The Balaban J connectivity index is 1.85. The lowest BCUT2D eigenvalue weighted by Crippen LogP contribution is -1.97. The molecule has 0 spiro atoms. The van der Waals surface area contributed by atoms with Gasteiger partial charge in [0.25, 0.3) is 0 Å². The number of aromatic amines is 1. The summed E-state index contributed by atoms with van der Waals surface area (Å²) in [5.74, 6) is 2.35. The van der Waals surface area contributed by atoms with Gasteiger partial charge in [-0.15, -0.1) is 10.2 Å². The molecule has 0 aliphatic carbocycles. The molecule has 5 heteroatoms. The highest BCUT2D eigenvalue weighted by Gasteiger charge is 2.21. The van der Waals surface area contributed by atoms with E-state index in [0.29, 0.717) is 5.65 Å². The fourth-order valence-corrected chi connectivity index (χ4v) is 3.62. The topological polar surface area (TPSA) is 55.2 Å². The number of aryl methyl sites for hydroxylation is 5. The standard InChI is InChI=1S/C22H24N4O/c1-6-18-20(27-17-9-7-13(2)8-10-17)22-24-23-21(26(22)25-18)19-15(4)11-14(3)12-16(19)5/h7-12,25H,6H2,1-5H3. The lowest BCUT2D eigenvalue weighted by atomic mass is 9.99. The molecule has 0 aliphatic heterocycles. The number of benzene rings is 2. The summed E-state index contributed by atoms with van der Waals surface area (Å²) < 4.78 is 8.12. The van der Waals surface area contributed by atoms with Gasteiger partial charge < -0.3 is 4.74 Å². The van der Waals surface area contributed by atoms with Crippen LogP contribution in [0.3, 0.4) is 0 Å². The molecule has 4 aromatic rings. The molecule has 2 aromatic heterocycles. The molecule has 0 unspecified atom stereocenters. The van der Waals surface area contributed by atoms with Gasteiger partial charge in [-0.2, -0.15) is 0 Å². The van der Waals surface area contributed by atoms with E-state index >= 15 is 0 Å². The summed E-state index contributed by atoms with van der Waals surface area (Å²) in [6.45, 7) is 10.5. The number of hydrogen-bond acceptors (Lipinski definition) is 3. The maximum Gasteiger partial charge on any atom is 0.221 e. The van der Waals surface area contributed by atoms with Gasteiger partial charge in [-0.05, 0) is 57.4 Å². The number of H-pyrrole nitrogens is 1. The molecule has 0 bridgehead atoms. The molecular formula is C22H24N4O. The Hall–Kier alpha value is -3.08. The number of rotatable bonds is 4. The molecule has 0 aliphatic rings. The molecule has 138 valence electrons. The fraction of sp³-hybridized carbons (Fsp3) is 0.273. The van der Waals surface area contributed by atoms with Crippen molar-refractivity contribution in [1.82, 2.24) is 19.8 Å². The Kier molecular flexibility index (Phi) is 4.22. The van der Waals surface area contributed by atoms with E-state index in [1.165, 1.54) is 22.3 Å². The third kappa shape index (κ3) is 2.99. The lowest BCUT2D eigenvalue weighted by Gasteiger charge is -2.09. The number of nitrogens with one attached hydrogen (secondary N) is 1. The third-order valence-corrected chi connectivity index (χ3v) is 4.88. The second-order valence-corrected chi connectivity index (χ2v) is 7.14. The van der Waals surface area contributed by atoms with E-state index in [2.05, 4.69) is 62.0 Å². The van der Waals surface area contributed by atoms with Crippen molar-refractivity contribution >= 4 is 5.65 Å². The minimum atomic E-state index is 0.710. The zero-order valence-corrected chi connectivity index (χ0v) is 16.4. The normalized spacial score (nSPS) is 11.3. The van der Waals surface area contributed by atoms with Crippen LogP contribution in [0.2, 0.25) is 0 Å². The van der Waals surface area contributed by atoms with Crippen molar-refractivity contribution in [3.63, 3.8) is 0 Å². The van der Waals surface area contributed by atoms with Gasteiger partial charge in [0.2, 0.25) is 5.65 Å². The van der Waals surface area contributed by atoms with Gasteiger partial charge in [0.1, 0.15) is 5.75 Å². The zero-order valence-electron chi connectivity index (χ0n) is 16.4. The number of ether oxygens (including phenoxy) is 1. The van der Waals surface area contributed by atoms with E-state index in [4.69, 9.17) is 4.74 Å². The van der Waals surface area contributed by atoms with Gasteiger partial charge in [0.05, 0.1) is 5.69 Å². The molecule has 5 nitrogen and oxygen atoms in total. The minimum absolute atomic E-state index is 0.710. The predicted octanol–water partition coefficient (Wildman–Crippen LogP) is 5.31. The van der Waals surface area contributed by atoms with Crippen molar-refractivity contribution in [3.8, 4) is 22.9 Å². The number of fused-ring (bicyclic) bond motifs is 1. The van der Waals surface area contributed by atoms with E-state index in [-0.39, 0.29) is 0 Å². The monoisotopic (exact) mass is 360 g/mol. The highest BCUT2D eigenvalue weighted by atomic mass is 16.5. The van der Waals surface area contributed by atoms with E-state index in [1.807, 2.05) is 28.8 Å². The lowest BCUT2D eigenvalue weighted by molar-refractivity contribution is 0.480. The van der Waals surface area contributed by atoms with Crippen LogP contribution in [0.4, 0.5) is 0 Å². The van der Waals surface area contributed by atoms with Crippen molar-refractivity contribution in [2.24, 2.45) is 0 Å². The average molecular weight is 360 g/mol. The van der Waals surface area contributed by atoms with Crippen molar-refractivity contribution < 1.29 is 4.74 Å². The summed E-state index contributed by atoms with van der Waals surface area (Å²) in [6, 6.07) is 12.4. The summed E-state index contributed by atoms with van der Waals surface area (Å²) in [5.41, 5.74) is 7.65. The molecule has 0 atom stereocenters. The van der Waals surface area contributed by atoms with E-state index in [0.717, 1.165) is 35.0 Å². The van der Waals surface area contributed by atoms with Gasteiger partial charge in [0.15, 0.2) is 11.6 Å². The molecule has 2 heterocycles. The smallest absolute Gasteiger partial charge is 0.221 e. The molecule has 1 N–H and O–H groups in total. The molecule has 0 amide bonds. The first-order valence-electron chi connectivity index (χ1n) is 9.26. The van der Waals surface area contributed by atoms with Gasteiger partial charge in [-0.3, -0.25) is 5.10 Å². The van der Waals surface area contributed by atoms with Gasteiger partial charge in [-0.1, -0.05) is 42.3 Å². The largest absolute Gasteiger partial charge is 0.451 e. The van der Waals surface area contributed by atoms with Crippen LogP contribution in [-0.4, -0.2) is 19.8 Å². The van der Waals surface area contributed by atoms with E-state index in [9.17, 15) is 0 Å². The maximum absolute atomic E-state index is 6.18. The Bertz CT molecular complexity index is 1100. The van der Waals surface area contributed by atoms with Crippen LogP contribution in [0.5, 0.6) is 11.5 Å². The Morgan fingerprint density at radius 2 is 1.59 bits per heavy atom. The minimum Gasteiger partial charge on any atom is -0.451 e. The molecule has 27 heavy (non-hydrogen) atoms. The predicted molar refractivity (Wildman–Crippen MR) is 108 cm³/mol. The first-order chi connectivity index (χ1) is 13.0. The summed E-state index contributed by atoms with van der Waals surface area (Å²) >= 11 is 0. The van der Waals surface area contributed by atoms with Crippen LogP contribution in [0.1, 0.15) is 34.9 Å². The van der Waals surface area contributed by atoms with Crippen LogP contribution >= 0.6 is 0 Å². The van der Waals surface area contributed by atoms with Crippen molar-refractivity contribution in [1.29, 1.82) is 0 Å². The molecule has 0 fully saturated rings. The second-order valence-electron chi connectivity index (χ2n) is 7.14. The zero-order chi connectivity index (χ0) is 19.1. The highest BCUT2D eigenvalue weighted by Crippen LogP contribution is 2.34. The van der Waals surface area contributed by atoms with Crippen molar-refractivity contribution in [2.75, 3.05) is 0 Å². The van der Waals surface area contributed by atoms with Crippen LogP contribution in [0.25, 0.3) is 17.0 Å². The summed E-state index contributed by atoms with van der Waals surface area (Å²) in [7, 11) is 0. The van der Waals surface area contributed by atoms with Gasteiger partial charge in [0, 0.05) is 5.56 Å². The van der Waals surface area contributed by atoms with Gasteiger partial charge >= 0.3 is 0 Å². The molecular weight excluding hydrogens is 336 g/mol. The summed E-state index contributed by atoms with van der Waals surface area (Å²) in [4.78, 5) is 0. The molecule has 0 radical (unpaired) electrons. The van der Waals surface area contributed by atoms with Crippen LogP contribution in [0, 0.1) is 27.7 Å². The summed E-state index contributed by atoms with van der Waals surface area (Å²) in [6.07, 6.45) is 0.815. The Morgan fingerprint density at radius 1 is 0.926 bits per heavy atom. The van der Waals surface area contributed by atoms with E-state index in [1.54, 1.807) is 0 Å². The fourth-order valence-electron chi connectivity index (χ4n) is 3.62. The van der Waals surface area contributed by atoms with E-state index < -0.39 is 0 Å². The quantitative estimate of drug-likeness (QED) is 0.536. The number of hydrogen-bond donors (Lipinski definition) is 1. The van der Waals surface area contributed by atoms with Crippen LogP contribution in [-0.2, 0) is 6.42 Å². The SMILES string of the molecule is CCc1[nH]n2c(-c3c(C)cc(C)cc3C)nnc2c1Oc1ccc(C)cc1. The van der Waals surface area contributed by atoms with Crippen LogP contribution in [0.15, 0.2) is 36.4 Å². The summed E-state index contributed by atoms with van der Waals surface area (Å²) in [5, 5.41) is 12.3. The molecule has 2 aromatic carbocycles. The number of aromatic nitrogens is 4. The molecule has 4 rings (SSSR count). The Labute approximate surface area is 159 Å². The average Bonchev–Trinajstić information content (AvgIpc) is 3.16. The van der Waals surface area contributed by atoms with Gasteiger partial charge in [-0.25, -0.2) is 4.52 Å². The second kappa shape index (κ2) is 6.58. The highest BCUT2D eigenvalue weighted by molar-refractivity contribution is 5.70. The number of nitrogens with zero attached hydrogens (tertiary/aromatic N) is 3. The van der Waals surface area contributed by atoms with Crippen LogP contribution < -0.4 is 4.74 Å². The first-order valence-corrected chi connectivity index (χ1v) is 9.26.